The summed E-state index contributed by atoms with van der Waals surface area (Å²) in [5, 5.41) is 22.9. The third-order valence-electron chi connectivity index (χ3n) is 3.79. The predicted molar refractivity (Wildman–Crippen MR) is 102 cm³/mol. The van der Waals surface area contributed by atoms with Gasteiger partial charge in [-0.25, -0.2) is 0 Å². The van der Waals surface area contributed by atoms with Gasteiger partial charge in [0, 0.05) is 37.2 Å². The van der Waals surface area contributed by atoms with E-state index in [1.54, 1.807) is 25.3 Å². The minimum absolute atomic E-state index is 0.0388. The van der Waals surface area contributed by atoms with Crippen LogP contribution in [-0.4, -0.2) is 38.2 Å². The highest BCUT2D eigenvalue weighted by molar-refractivity contribution is 5.78. The van der Waals surface area contributed by atoms with E-state index < -0.39 is 0 Å². The summed E-state index contributed by atoms with van der Waals surface area (Å²) < 4.78 is 5.17. The number of aliphatic hydroxyl groups is 1. The molecule has 0 spiro atoms. The van der Waals surface area contributed by atoms with Crippen LogP contribution in [0.15, 0.2) is 65.1 Å². The maximum absolute atomic E-state index is 12.3. The topological polar surface area (TPSA) is 99.7 Å². The molecular formula is C20H23N3O4. The number of aromatic nitrogens is 2. The maximum Gasteiger partial charge on any atom is 0.227 e. The van der Waals surface area contributed by atoms with Gasteiger partial charge in [0.1, 0.15) is 11.5 Å². The van der Waals surface area contributed by atoms with Crippen molar-refractivity contribution in [2.75, 3.05) is 7.05 Å². The lowest BCUT2D eigenvalue weighted by molar-refractivity contribution is -0.128. The van der Waals surface area contributed by atoms with Crippen LogP contribution in [0.2, 0.25) is 0 Å². The number of phenols is 1. The van der Waals surface area contributed by atoms with Crippen molar-refractivity contribution in [3.05, 3.63) is 66.4 Å². The van der Waals surface area contributed by atoms with E-state index in [1.165, 1.54) is 23.1 Å². The van der Waals surface area contributed by atoms with E-state index >= 15 is 0 Å². The Morgan fingerprint density at radius 1 is 1.33 bits per heavy atom. The summed E-state index contributed by atoms with van der Waals surface area (Å²) in [6, 6.07) is 6.43. The molecule has 0 aliphatic heterocycles. The first kappa shape index (κ1) is 20.0. The number of likely N-dealkylation sites (N-methyl/N-ethyl adjacent to an activating group) is 1. The Morgan fingerprint density at radius 3 is 2.70 bits per heavy atom. The summed E-state index contributed by atoms with van der Waals surface area (Å²) in [4.78, 5) is 17.9. The highest BCUT2D eigenvalue weighted by Crippen LogP contribution is 2.19. The minimum Gasteiger partial charge on any atom is -0.508 e. The lowest BCUT2D eigenvalue weighted by atomic mass is 10.2. The number of hydrogen-bond donors (Lipinski definition) is 2. The van der Waals surface area contributed by atoms with Gasteiger partial charge >= 0.3 is 0 Å². The highest BCUT2D eigenvalue weighted by Gasteiger charge is 2.14. The minimum atomic E-state index is -0.187. The smallest absolute Gasteiger partial charge is 0.227 e. The summed E-state index contributed by atoms with van der Waals surface area (Å²) in [6.45, 7) is 5.75. The number of rotatable bonds is 8. The molecule has 0 fully saturated rings. The molecule has 142 valence electrons. The van der Waals surface area contributed by atoms with Crippen molar-refractivity contribution >= 4 is 5.91 Å². The van der Waals surface area contributed by atoms with Gasteiger partial charge < -0.3 is 19.6 Å². The number of hydrogen-bond acceptors (Lipinski definition) is 6. The number of phenolic OH excluding ortho intramolecular Hbond substituents is 1. The van der Waals surface area contributed by atoms with Crippen LogP contribution >= 0.6 is 0 Å². The molecule has 1 amide bonds. The van der Waals surface area contributed by atoms with Gasteiger partial charge in [-0.05, 0) is 36.8 Å². The fourth-order valence-corrected chi connectivity index (χ4v) is 2.18. The van der Waals surface area contributed by atoms with Crippen molar-refractivity contribution in [2.45, 2.75) is 26.2 Å². The fraction of sp³-hybridized carbons (Fsp3) is 0.250. The van der Waals surface area contributed by atoms with Crippen LogP contribution in [0.3, 0.4) is 0 Å². The Morgan fingerprint density at radius 2 is 2.04 bits per heavy atom. The number of nitrogens with zero attached hydrogens (tertiary/aromatic N) is 3. The molecule has 0 unspecified atom stereocenters. The number of allylic oxidation sites excluding steroid dienone is 3. The van der Waals surface area contributed by atoms with Crippen molar-refractivity contribution in [1.29, 1.82) is 0 Å². The number of aromatic hydroxyl groups is 1. The molecule has 0 bridgehead atoms. The molecule has 1 heterocycles. The molecule has 0 saturated carbocycles. The Bertz CT molecular complexity index is 850. The van der Waals surface area contributed by atoms with Crippen LogP contribution in [-0.2, 0) is 11.2 Å². The molecule has 7 heteroatoms. The van der Waals surface area contributed by atoms with E-state index in [0.717, 1.165) is 6.42 Å². The average molecular weight is 369 g/mol. The van der Waals surface area contributed by atoms with Crippen molar-refractivity contribution in [1.82, 2.24) is 15.0 Å². The van der Waals surface area contributed by atoms with Gasteiger partial charge in [-0.3, -0.25) is 4.79 Å². The summed E-state index contributed by atoms with van der Waals surface area (Å²) in [5.41, 5.74) is 1.09. The van der Waals surface area contributed by atoms with Crippen molar-refractivity contribution in [2.24, 2.45) is 0 Å². The maximum atomic E-state index is 12.3. The molecule has 0 aliphatic rings. The van der Waals surface area contributed by atoms with E-state index in [2.05, 4.69) is 16.7 Å². The largest absolute Gasteiger partial charge is 0.508 e. The summed E-state index contributed by atoms with van der Waals surface area (Å²) in [6.07, 6.45) is 6.04. The van der Waals surface area contributed by atoms with Gasteiger partial charge in [-0.2, -0.15) is 4.98 Å². The molecule has 0 saturated heterocycles. The molecule has 0 atom stereocenters. The molecule has 2 aromatic rings. The molecule has 2 N–H and O–H groups in total. The van der Waals surface area contributed by atoms with Gasteiger partial charge in [0.25, 0.3) is 0 Å². The van der Waals surface area contributed by atoms with E-state index in [9.17, 15) is 15.0 Å². The van der Waals surface area contributed by atoms with E-state index in [1.807, 2.05) is 13.0 Å². The van der Waals surface area contributed by atoms with Gasteiger partial charge in [-0.15, -0.1) is 0 Å². The van der Waals surface area contributed by atoms with Crippen LogP contribution in [0.25, 0.3) is 11.4 Å². The molecule has 0 aliphatic carbocycles. The number of carbonyl (C=O) groups is 1. The Hall–Kier alpha value is -3.35. The SMILES string of the molecule is C=C(/C=C(O)\C=C/CC)N(C)C(=O)CCc1nc(-c2ccc(O)cc2)no1. The summed E-state index contributed by atoms with van der Waals surface area (Å²) in [7, 11) is 1.59. The third kappa shape index (κ3) is 5.85. The van der Waals surface area contributed by atoms with Crippen molar-refractivity contribution in [3.63, 3.8) is 0 Å². The number of carbonyl (C=O) groups excluding carboxylic acids is 1. The van der Waals surface area contributed by atoms with Gasteiger partial charge in [0.05, 0.1) is 0 Å². The van der Waals surface area contributed by atoms with Crippen LogP contribution in [0.1, 0.15) is 25.7 Å². The van der Waals surface area contributed by atoms with Crippen molar-refractivity contribution < 1.29 is 19.5 Å². The average Bonchev–Trinajstić information content (AvgIpc) is 3.13. The number of aliphatic hydroxyl groups excluding tert-OH is 1. The molecule has 2 rings (SSSR count). The Kier molecular flexibility index (Phi) is 6.93. The van der Waals surface area contributed by atoms with Crippen LogP contribution in [0, 0.1) is 0 Å². The monoisotopic (exact) mass is 369 g/mol. The zero-order valence-electron chi connectivity index (χ0n) is 15.4. The van der Waals surface area contributed by atoms with E-state index in [0.29, 0.717) is 23.0 Å². The molecule has 27 heavy (non-hydrogen) atoms. The number of amides is 1. The zero-order valence-corrected chi connectivity index (χ0v) is 15.4. The first-order valence-electron chi connectivity index (χ1n) is 8.55. The lowest BCUT2D eigenvalue weighted by Gasteiger charge is -2.17. The van der Waals surface area contributed by atoms with E-state index in [-0.39, 0.29) is 30.3 Å². The summed E-state index contributed by atoms with van der Waals surface area (Å²) >= 11 is 0. The van der Waals surface area contributed by atoms with E-state index in [4.69, 9.17) is 4.52 Å². The third-order valence-corrected chi connectivity index (χ3v) is 3.79. The lowest BCUT2D eigenvalue weighted by Crippen LogP contribution is -2.25. The normalized spacial score (nSPS) is 11.7. The second kappa shape index (κ2) is 9.38. The predicted octanol–water partition coefficient (Wildman–Crippen LogP) is 3.76. The highest BCUT2D eigenvalue weighted by atomic mass is 16.5. The van der Waals surface area contributed by atoms with Crippen LogP contribution < -0.4 is 0 Å². The molecular weight excluding hydrogens is 346 g/mol. The Labute approximate surface area is 157 Å². The van der Waals surface area contributed by atoms with Crippen LogP contribution in [0.4, 0.5) is 0 Å². The molecule has 1 aromatic carbocycles. The first-order valence-corrected chi connectivity index (χ1v) is 8.55. The Balaban J connectivity index is 1.92. The molecule has 1 aromatic heterocycles. The standard InChI is InChI=1S/C20H23N3O4/c1-4-5-6-17(25)13-14(2)23(3)19(26)12-11-18-21-20(22-27-18)15-7-9-16(24)10-8-15/h5-10,13,24-25H,2,4,11-12H2,1,3H3/b6-5-,17-13+. The zero-order chi connectivity index (χ0) is 19.8. The molecule has 0 radical (unpaired) electrons. The van der Waals surface area contributed by atoms with Gasteiger partial charge in [0.15, 0.2) is 0 Å². The number of benzene rings is 1. The summed E-state index contributed by atoms with van der Waals surface area (Å²) in [5.74, 6) is 0.743. The quantitative estimate of drug-likeness (QED) is 0.543. The van der Waals surface area contributed by atoms with Crippen LogP contribution in [0.5, 0.6) is 5.75 Å². The number of aryl methyl sites for hydroxylation is 1. The van der Waals surface area contributed by atoms with Gasteiger partial charge in [0.2, 0.25) is 17.6 Å². The second-order valence-electron chi connectivity index (χ2n) is 5.88. The molecule has 7 nitrogen and oxygen atoms in total. The van der Waals surface area contributed by atoms with Gasteiger partial charge in [-0.1, -0.05) is 24.7 Å². The first-order chi connectivity index (χ1) is 12.9. The van der Waals surface area contributed by atoms with Crippen molar-refractivity contribution in [3.8, 4) is 17.1 Å². The second-order valence-corrected chi connectivity index (χ2v) is 5.88. The fourth-order valence-electron chi connectivity index (χ4n) is 2.18.